The average molecular weight is 566 g/mol. The maximum Gasteiger partial charge on any atom is 0.420 e. The van der Waals surface area contributed by atoms with Crippen LogP contribution in [0.3, 0.4) is 0 Å². The molecule has 1 aliphatic rings. The second kappa shape index (κ2) is 10.7. The number of piperidine rings is 1. The Morgan fingerprint density at radius 3 is 2.61 bits per heavy atom. The van der Waals surface area contributed by atoms with E-state index in [9.17, 15) is 22.7 Å². The van der Waals surface area contributed by atoms with Crippen LogP contribution in [-0.4, -0.2) is 48.9 Å². The molecule has 0 aliphatic carbocycles. The van der Waals surface area contributed by atoms with Crippen LogP contribution in [-0.2, 0) is 19.8 Å². The molecule has 1 aliphatic heterocycles. The SMILES string of the molecule is Cn1cnnc1-c1cc(F)ccc1-c1cccc(-c2nc3cc(CN4CCCC[C@@H]4CO)cc(C(F)(F)F)c3o2)c1. The van der Waals surface area contributed by atoms with Crippen LogP contribution in [0.2, 0.25) is 0 Å². The summed E-state index contributed by atoms with van der Waals surface area (Å²) in [4.78, 5) is 6.48. The minimum atomic E-state index is -4.65. The zero-order valence-corrected chi connectivity index (χ0v) is 22.2. The van der Waals surface area contributed by atoms with Crippen molar-refractivity contribution in [2.75, 3.05) is 13.2 Å². The number of nitrogens with zero attached hydrogens (tertiary/aromatic N) is 5. The van der Waals surface area contributed by atoms with E-state index in [1.807, 2.05) is 11.0 Å². The van der Waals surface area contributed by atoms with Crippen LogP contribution in [0.25, 0.3) is 45.1 Å². The van der Waals surface area contributed by atoms with Gasteiger partial charge >= 0.3 is 6.18 Å². The summed E-state index contributed by atoms with van der Waals surface area (Å²) < 4.78 is 64.2. The number of aryl methyl sites for hydroxylation is 1. The van der Waals surface area contributed by atoms with E-state index >= 15 is 0 Å². The number of hydrogen-bond acceptors (Lipinski definition) is 6. The molecule has 41 heavy (non-hydrogen) atoms. The van der Waals surface area contributed by atoms with Gasteiger partial charge in [0.25, 0.3) is 0 Å². The van der Waals surface area contributed by atoms with Gasteiger partial charge in [0.15, 0.2) is 11.4 Å². The maximum absolute atomic E-state index is 14.2. The van der Waals surface area contributed by atoms with Crippen LogP contribution in [0.15, 0.2) is 65.3 Å². The van der Waals surface area contributed by atoms with Crippen LogP contribution >= 0.6 is 0 Å². The summed E-state index contributed by atoms with van der Waals surface area (Å²) in [6, 6.07) is 14.0. The quantitative estimate of drug-likeness (QED) is 0.238. The Morgan fingerprint density at radius 2 is 1.85 bits per heavy atom. The van der Waals surface area contributed by atoms with E-state index in [4.69, 9.17) is 4.42 Å². The highest BCUT2D eigenvalue weighted by Gasteiger charge is 2.36. The van der Waals surface area contributed by atoms with E-state index in [0.29, 0.717) is 40.2 Å². The molecule has 6 rings (SSSR count). The fraction of sp³-hybridized carbons (Fsp3) is 0.300. The molecule has 3 heterocycles. The van der Waals surface area contributed by atoms with Gasteiger partial charge in [-0.2, -0.15) is 13.2 Å². The first kappa shape index (κ1) is 27.1. The first-order chi connectivity index (χ1) is 19.7. The van der Waals surface area contributed by atoms with Gasteiger partial charge in [-0.15, -0.1) is 10.2 Å². The van der Waals surface area contributed by atoms with Gasteiger partial charge in [-0.05, 0) is 72.5 Å². The summed E-state index contributed by atoms with van der Waals surface area (Å²) in [6.07, 6.45) is -0.410. The van der Waals surface area contributed by atoms with Crippen molar-refractivity contribution >= 4 is 11.1 Å². The van der Waals surface area contributed by atoms with Crippen molar-refractivity contribution < 1.29 is 27.1 Å². The number of likely N-dealkylation sites (tertiary alicyclic amines) is 1. The molecule has 7 nitrogen and oxygen atoms in total. The van der Waals surface area contributed by atoms with Crippen molar-refractivity contribution in [2.24, 2.45) is 7.05 Å². The standard InChI is InChI=1S/C30H27F4N5O2/c1-38-17-35-37-28(38)24-14-21(31)8-9-23(24)19-5-4-6-20(13-19)29-36-26-12-18(11-25(27(26)41-29)30(32,33)34)15-39-10-3-2-7-22(39)16-40/h4-6,8-9,11-14,17,22,40H,2-3,7,10,15-16H2,1H3/t22-/m1/s1. The molecule has 1 atom stereocenters. The number of halogens is 4. The Kier molecular flexibility index (Phi) is 7.08. The molecule has 212 valence electrons. The normalized spacial score (nSPS) is 16.5. The Morgan fingerprint density at radius 1 is 1.02 bits per heavy atom. The van der Waals surface area contributed by atoms with Crippen LogP contribution in [0.4, 0.5) is 17.6 Å². The summed E-state index contributed by atoms with van der Waals surface area (Å²) in [6.45, 7) is 0.948. The Hall–Kier alpha value is -4.09. The lowest BCUT2D eigenvalue weighted by Crippen LogP contribution is -2.41. The van der Waals surface area contributed by atoms with Gasteiger partial charge in [-0.3, -0.25) is 4.90 Å². The third-order valence-corrected chi connectivity index (χ3v) is 7.56. The van der Waals surface area contributed by atoms with Crippen molar-refractivity contribution in [1.29, 1.82) is 0 Å². The van der Waals surface area contributed by atoms with Crippen LogP contribution < -0.4 is 0 Å². The molecule has 1 fully saturated rings. The number of benzene rings is 3. The molecule has 0 amide bonds. The van der Waals surface area contributed by atoms with Crippen molar-refractivity contribution in [1.82, 2.24) is 24.6 Å². The Labute approximate surface area is 233 Å². The number of aliphatic hydroxyl groups excluding tert-OH is 1. The molecule has 5 aromatic rings. The van der Waals surface area contributed by atoms with E-state index in [-0.39, 0.29) is 36.2 Å². The van der Waals surface area contributed by atoms with Crippen molar-refractivity contribution in [3.8, 4) is 34.0 Å². The first-order valence-corrected chi connectivity index (χ1v) is 13.3. The number of rotatable bonds is 6. The highest BCUT2D eigenvalue weighted by Crippen LogP contribution is 2.39. The van der Waals surface area contributed by atoms with E-state index < -0.39 is 17.6 Å². The lowest BCUT2D eigenvalue weighted by molar-refractivity contribution is -0.136. The lowest BCUT2D eigenvalue weighted by atomic mass is 9.97. The predicted octanol–water partition coefficient (Wildman–Crippen LogP) is 6.46. The second-order valence-corrected chi connectivity index (χ2v) is 10.3. The molecule has 0 unspecified atom stereocenters. The minimum absolute atomic E-state index is 0.0365. The predicted molar refractivity (Wildman–Crippen MR) is 145 cm³/mol. The number of hydrogen-bond donors (Lipinski definition) is 1. The Balaban J connectivity index is 1.41. The zero-order valence-electron chi connectivity index (χ0n) is 22.2. The van der Waals surface area contributed by atoms with Gasteiger partial charge in [0.1, 0.15) is 23.2 Å². The molecular weight excluding hydrogens is 538 g/mol. The summed E-state index contributed by atoms with van der Waals surface area (Å²) in [7, 11) is 1.75. The smallest absolute Gasteiger partial charge is 0.420 e. The monoisotopic (exact) mass is 565 g/mol. The lowest BCUT2D eigenvalue weighted by Gasteiger charge is -2.34. The van der Waals surface area contributed by atoms with E-state index in [1.54, 1.807) is 41.9 Å². The summed E-state index contributed by atoms with van der Waals surface area (Å²) in [5, 5.41) is 17.7. The van der Waals surface area contributed by atoms with Crippen LogP contribution in [0.1, 0.15) is 30.4 Å². The third kappa shape index (κ3) is 5.34. The van der Waals surface area contributed by atoms with Gasteiger partial charge in [0, 0.05) is 30.8 Å². The maximum atomic E-state index is 14.2. The van der Waals surface area contributed by atoms with Crippen molar-refractivity contribution in [3.05, 3.63) is 77.9 Å². The summed E-state index contributed by atoms with van der Waals surface area (Å²) in [5.74, 6) is 0.0662. The Bertz CT molecular complexity index is 1710. The first-order valence-electron chi connectivity index (χ1n) is 13.3. The van der Waals surface area contributed by atoms with Crippen molar-refractivity contribution in [2.45, 2.75) is 38.0 Å². The fourth-order valence-electron chi connectivity index (χ4n) is 5.53. The summed E-state index contributed by atoms with van der Waals surface area (Å²) >= 11 is 0. The number of alkyl halides is 3. The second-order valence-electron chi connectivity index (χ2n) is 10.3. The highest BCUT2D eigenvalue weighted by atomic mass is 19.4. The minimum Gasteiger partial charge on any atom is -0.435 e. The topological polar surface area (TPSA) is 80.2 Å². The van der Waals surface area contributed by atoms with Gasteiger partial charge in [0.2, 0.25) is 5.89 Å². The van der Waals surface area contributed by atoms with E-state index in [0.717, 1.165) is 25.3 Å². The number of aromatic nitrogens is 4. The number of aliphatic hydroxyl groups is 1. The molecule has 0 radical (unpaired) electrons. The largest absolute Gasteiger partial charge is 0.435 e. The molecule has 0 saturated carbocycles. The van der Waals surface area contributed by atoms with Gasteiger partial charge < -0.3 is 14.1 Å². The molecule has 1 N–H and O–H groups in total. The van der Waals surface area contributed by atoms with Crippen LogP contribution in [0.5, 0.6) is 0 Å². The molecule has 0 bridgehead atoms. The molecular formula is C30H27F4N5O2. The average Bonchev–Trinajstić information content (AvgIpc) is 3.58. The molecule has 1 saturated heterocycles. The van der Waals surface area contributed by atoms with Crippen LogP contribution in [0, 0.1) is 5.82 Å². The molecule has 3 aromatic carbocycles. The zero-order chi connectivity index (χ0) is 28.7. The fourth-order valence-corrected chi connectivity index (χ4v) is 5.53. The van der Waals surface area contributed by atoms with Crippen molar-refractivity contribution in [3.63, 3.8) is 0 Å². The molecule has 0 spiro atoms. The summed E-state index contributed by atoms with van der Waals surface area (Å²) in [5.41, 5.74) is 1.67. The number of fused-ring (bicyclic) bond motifs is 1. The van der Waals surface area contributed by atoms with Gasteiger partial charge in [-0.1, -0.05) is 24.6 Å². The van der Waals surface area contributed by atoms with Gasteiger partial charge in [-0.25, -0.2) is 9.37 Å². The van der Waals surface area contributed by atoms with E-state index in [1.165, 1.54) is 18.5 Å². The molecule has 11 heteroatoms. The highest BCUT2D eigenvalue weighted by molar-refractivity contribution is 5.84. The number of oxazole rings is 1. The van der Waals surface area contributed by atoms with E-state index in [2.05, 4.69) is 15.2 Å². The van der Waals surface area contributed by atoms with Gasteiger partial charge in [0.05, 0.1) is 6.61 Å². The third-order valence-electron chi connectivity index (χ3n) is 7.56. The molecule has 2 aromatic heterocycles.